The van der Waals surface area contributed by atoms with Gasteiger partial charge in [0.15, 0.2) is 0 Å². The van der Waals surface area contributed by atoms with Crippen LogP contribution in [0.15, 0.2) is 72.8 Å². The lowest BCUT2D eigenvalue weighted by Gasteiger charge is -2.43. The maximum atomic E-state index is 14.2. The number of hydrazine groups is 1. The fourth-order valence-electron chi connectivity index (χ4n) is 7.82. The third kappa shape index (κ3) is 8.73. The lowest BCUT2D eigenvalue weighted by atomic mass is 9.71. The molecule has 0 radical (unpaired) electrons. The maximum absolute atomic E-state index is 14.2. The van der Waals surface area contributed by atoms with Crippen molar-refractivity contribution in [2.75, 3.05) is 72.1 Å². The summed E-state index contributed by atoms with van der Waals surface area (Å²) in [7, 11) is 0. The largest absolute Gasteiger partial charge is 0.465 e. The smallest absolute Gasteiger partial charge is 0.320 e. The van der Waals surface area contributed by atoms with E-state index in [2.05, 4.69) is 27.4 Å². The van der Waals surface area contributed by atoms with E-state index < -0.39 is 5.41 Å². The Balaban J connectivity index is 1.12. The van der Waals surface area contributed by atoms with Gasteiger partial charge in [0.2, 0.25) is 5.91 Å². The molecule has 3 aliphatic rings. The molecule has 3 aliphatic heterocycles. The summed E-state index contributed by atoms with van der Waals surface area (Å²) < 4.78 is 5.11. The monoisotopic (exact) mass is 753 g/mol. The molecule has 3 aromatic carbocycles. The number of esters is 1. The molecule has 272 valence electrons. The molecule has 3 saturated heterocycles. The number of rotatable bonds is 11. The van der Waals surface area contributed by atoms with E-state index in [0.717, 1.165) is 43.6 Å². The second-order valence-electron chi connectivity index (χ2n) is 13.9. The van der Waals surface area contributed by atoms with Crippen LogP contribution >= 0.6 is 34.8 Å². The van der Waals surface area contributed by atoms with Crippen molar-refractivity contribution in [3.63, 3.8) is 0 Å². The van der Waals surface area contributed by atoms with Gasteiger partial charge in [-0.15, -0.1) is 0 Å². The Kier molecular flexibility index (Phi) is 12.3. The summed E-state index contributed by atoms with van der Waals surface area (Å²) in [6.07, 6.45) is 3.01. The van der Waals surface area contributed by atoms with Gasteiger partial charge in [0.25, 0.3) is 5.91 Å². The first-order valence-corrected chi connectivity index (χ1v) is 19.0. The van der Waals surface area contributed by atoms with Crippen LogP contribution in [0.25, 0.3) is 0 Å². The molecule has 3 heterocycles. The standard InChI is InChI=1S/C39H46Cl3N5O4/c1-2-51-35(48)27-45-22-24-47(25-23-45)43-37(50)39(30-6-4-3-5-7-30)16-19-44(20-17-39)18-14-38(31-10-13-33(41)34(42)26-31)15-21-46(28-38)36(49)29-8-11-32(40)12-9-29/h3-13,26H,2,14-25,27-28H2,1H3,(H,43,50). The molecule has 0 aliphatic carbocycles. The highest BCUT2D eigenvalue weighted by molar-refractivity contribution is 6.42. The molecular formula is C39H46Cl3N5O4. The number of halogens is 3. The molecule has 1 N–H and O–H groups in total. The quantitative estimate of drug-likeness (QED) is 0.238. The second kappa shape index (κ2) is 16.7. The first-order chi connectivity index (χ1) is 24.6. The molecule has 0 aromatic heterocycles. The molecule has 12 heteroatoms. The SMILES string of the molecule is CCOC(=O)CN1CCN(NC(=O)C2(c3ccccc3)CCN(CCC3(c4ccc(Cl)c(Cl)c4)CCN(C(=O)c4ccc(Cl)cc4)C3)CC2)CC1. The van der Waals surface area contributed by atoms with Crippen LogP contribution in [0, 0.1) is 0 Å². The van der Waals surface area contributed by atoms with Crippen LogP contribution in [0.2, 0.25) is 15.1 Å². The highest BCUT2D eigenvalue weighted by Gasteiger charge is 2.45. The summed E-state index contributed by atoms with van der Waals surface area (Å²) in [5.74, 6) is -0.207. The predicted molar refractivity (Wildman–Crippen MR) is 201 cm³/mol. The van der Waals surface area contributed by atoms with E-state index in [4.69, 9.17) is 39.5 Å². The normalized spacial score (nSPS) is 21.4. The van der Waals surface area contributed by atoms with Gasteiger partial charge >= 0.3 is 5.97 Å². The van der Waals surface area contributed by atoms with Crippen molar-refractivity contribution in [3.05, 3.63) is 105 Å². The lowest BCUT2D eigenvalue weighted by molar-refractivity contribution is -0.145. The van der Waals surface area contributed by atoms with Crippen LogP contribution in [0.4, 0.5) is 0 Å². The average Bonchev–Trinajstić information content (AvgIpc) is 3.59. The molecule has 1 atom stereocenters. The summed E-state index contributed by atoms with van der Waals surface area (Å²) in [5.41, 5.74) is 5.04. The minimum absolute atomic E-state index is 0.00866. The van der Waals surface area contributed by atoms with Crippen molar-refractivity contribution in [2.24, 2.45) is 0 Å². The van der Waals surface area contributed by atoms with Crippen LogP contribution in [0.1, 0.15) is 54.1 Å². The van der Waals surface area contributed by atoms with Crippen LogP contribution in [0.3, 0.4) is 0 Å². The minimum atomic E-state index is -0.656. The number of piperidine rings is 1. The van der Waals surface area contributed by atoms with Crippen molar-refractivity contribution in [3.8, 4) is 0 Å². The molecule has 3 fully saturated rings. The van der Waals surface area contributed by atoms with E-state index >= 15 is 0 Å². The zero-order chi connectivity index (χ0) is 36.0. The third-order valence-electron chi connectivity index (χ3n) is 10.9. The van der Waals surface area contributed by atoms with Gasteiger partial charge in [0.1, 0.15) is 0 Å². The first kappa shape index (κ1) is 37.6. The van der Waals surface area contributed by atoms with Crippen molar-refractivity contribution in [1.82, 2.24) is 25.1 Å². The summed E-state index contributed by atoms with van der Waals surface area (Å²) in [4.78, 5) is 46.2. The fourth-order valence-corrected chi connectivity index (χ4v) is 8.25. The number of likely N-dealkylation sites (tertiary alicyclic amines) is 2. The van der Waals surface area contributed by atoms with Crippen molar-refractivity contribution in [2.45, 2.75) is 43.4 Å². The fraction of sp³-hybridized carbons (Fsp3) is 0.462. The molecule has 0 bridgehead atoms. The lowest BCUT2D eigenvalue weighted by Crippen LogP contribution is -2.59. The Morgan fingerprint density at radius 3 is 2.14 bits per heavy atom. The number of amides is 2. The number of ether oxygens (including phenoxy) is 1. The minimum Gasteiger partial charge on any atom is -0.465 e. The van der Waals surface area contributed by atoms with E-state index in [1.54, 1.807) is 24.3 Å². The number of carbonyl (C=O) groups excluding carboxylic acids is 3. The molecule has 9 nitrogen and oxygen atoms in total. The van der Waals surface area contributed by atoms with E-state index in [9.17, 15) is 14.4 Å². The Morgan fingerprint density at radius 1 is 0.765 bits per heavy atom. The maximum Gasteiger partial charge on any atom is 0.320 e. The first-order valence-electron chi connectivity index (χ1n) is 17.8. The summed E-state index contributed by atoms with van der Waals surface area (Å²) in [6.45, 7) is 8.62. The molecule has 0 spiro atoms. The van der Waals surface area contributed by atoms with Gasteiger partial charge in [-0.1, -0.05) is 71.2 Å². The van der Waals surface area contributed by atoms with Crippen LogP contribution < -0.4 is 5.43 Å². The van der Waals surface area contributed by atoms with E-state index in [0.29, 0.717) is 79.3 Å². The molecule has 0 saturated carbocycles. The zero-order valence-corrected chi connectivity index (χ0v) is 31.4. The highest BCUT2D eigenvalue weighted by Crippen LogP contribution is 2.42. The van der Waals surface area contributed by atoms with Crippen LogP contribution in [-0.2, 0) is 25.2 Å². The topological polar surface area (TPSA) is 85.4 Å². The zero-order valence-electron chi connectivity index (χ0n) is 29.1. The number of benzene rings is 3. The number of nitrogens with zero attached hydrogens (tertiary/aromatic N) is 4. The van der Waals surface area contributed by atoms with Gasteiger partial charge in [0.05, 0.1) is 28.6 Å². The van der Waals surface area contributed by atoms with Crippen molar-refractivity contribution >= 4 is 52.6 Å². The molecule has 6 rings (SSSR count). The number of piperazine rings is 1. The molecule has 2 amide bonds. The number of hydrogen-bond acceptors (Lipinski definition) is 7. The molecule has 3 aromatic rings. The number of carbonyl (C=O) groups is 3. The van der Waals surface area contributed by atoms with Gasteiger partial charge in [-0.3, -0.25) is 24.7 Å². The van der Waals surface area contributed by atoms with Gasteiger partial charge < -0.3 is 14.5 Å². The van der Waals surface area contributed by atoms with E-state index in [1.165, 1.54) is 0 Å². The summed E-state index contributed by atoms with van der Waals surface area (Å²) in [5, 5.41) is 3.60. The van der Waals surface area contributed by atoms with Gasteiger partial charge in [0, 0.05) is 55.3 Å². The predicted octanol–water partition coefficient (Wildman–Crippen LogP) is 6.07. The Morgan fingerprint density at radius 2 is 1.47 bits per heavy atom. The van der Waals surface area contributed by atoms with Gasteiger partial charge in [-0.25, -0.2) is 5.01 Å². The second-order valence-corrected chi connectivity index (χ2v) is 15.2. The summed E-state index contributed by atoms with van der Waals surface area (Å²) >= 11 is 19.0. The van der Waals surface area contributed by atoms with Crippen molar-refractivity contribution in [1.29, 1.82) is 0 Å². The molecular weight excluding hydrogens is 709 g/mol. The van der Waals surface area contributed by atoms with Crippen LogP contribution in [0.5, 0.6) is 0 Å². The average molecular weight is 755 g/mol. The third-order valence-corrected chi connectivity index (χ3v) is 11.9. The van der Waals surface area contributed by atoms with E-state index in [1.807, 2.05) is 53.2 Å². The Hall–Kier alpha value is -3.18. The highest BCUT2D eigenvalue weighted by atomic mass is 35.5. The Labute approximate surface area is 315 Å². The molecule has 1 unspecified atom stereocenters. The number of nitrogens with one attached hydrogen (secondary N) is 1. The summed E-state index contributed by atoms with van der Waals surface area (Å²) in [6, 6.07) is 23.0. The van der Waals surface area contributed by atoms with Gasteiger partial charge in [-0.05, 0) is 99.8 Å². The Bertz CT molecular complexity index is 1680. The number of hydrogen-bond donors (Lipinski definition) is 1. The van der Waals surface area contributed by atoms with Crippen LogP contribution in [-0.4, -0.2) is 110 Å². The van der Waals surface area contributed by atoms with E-state index in [-0.39, 0.29) is 29.7 Å². The van der Waals surface area contributed by atoms with Crippen molar-refractivity contribution < 1.29 is 19.1 Å². The molecule has 51 heavy (non-hydrogen) atoms. The van der Waals surface area contributed by atoms with Gasteiger partial charge in [-0.2, -0.15) is 0 Å².